The largest absolute Gasteiger partial charge is 0.379 e. The first-order valence-electron chi connectivity index (χ1n) is 8.90. The molecule has 2 N–H and O–H groups in total. The first kappa shape index (κ1) is 18.9. The molecule has 27 heavy (non-hydrogen) atoms. The highest BCUT2D eigenvalue weighted by Gasteiger charge is 2.11. The molecule has 0 bridgehead atoms. The van der Waals surface area contributed by atoms with E-state index in [1.54, 1.807) is 24.3 Å². The Morgan fingerprint density at radius 3 is 2.37 bits per heavy atom. The van der Waals surface area contributed by atoms with Crippen LogP contribution >= 0.6 is 0 Å². The molecule has 8 heteroatoms. The molecule has 8 nitrogen and oxygen atoms in total. The van der Waals surface area contributed by atoms with Gasteiger partial charge in [-0.2, -0.15) is 0 Å². The minimum Gasteiger partial charge on any atom is -0.379 e. The van der Waals surface area contributed by atoms with Gasteiger partial charge in [0.05, 0.1) is 18.8 Å². The Labute approximate surface area is 158 Å². The lowest BCUT2D eigenvalue weighted by molar-refractivity contribution is 0.0398. The second-order valence-electron chi connectivity index (χ2n) is 6.26. The molecule has 0 radical (unpaired) electrons. The van der Waals surface area contributed by atoms with Crippen LogP contribution in [0.5, 0.6) is 0 Å². The van der Waals surface area contributed by atoms with Crippen LogP contribution in [0.15, 0.2) is 36.7 Å². The maximum absolute atomic E-state index is 12.3. The molecule has 1 aromatic carbocycles. The van der Waals surface area contributed by atoms with Crippen LogP contribution in [0.4, 0.5) is 11.6 Å². The number of amides is 1. The topological polar surface area (TPSA) is 96.5 Å². The average molecular weight is 369 g/mol. The van der Waals surface area contributed by atoms with Gasteiger partial charge in [0.15, 0.2) is 5.78 Å². The number of carbonyl (C=O) groups is 2. The van der Waals surface area contributed by atoms with Crippen molar-refractivity contribution in [3.8, 4) is 0 Å². The number of hydrogen-bond acceptors (Lipinski definition) is 7. The van der Waals surface area contributed by atoms with E-state index in [-0.39, 0.29) is 11.7 Å². The molecular formula is C19H23N5O3. The molecule has 2 aromatic rings. The number of anilines is 2. The Kier molecular flexibility index (Phi) is 6.45. The molecular weight excluding hydrogens is 346 g/mol. The van der Waals surface area contributed by atoms with Crippen LogP contribution in [0.3, 0.4) is 0 Å². The monoisotopic (exact) mass is 369 g/mol. The van der Waals surface area contributed by atoms with Crippen LogP contribution < -0.4 is 10.6 Å². The van der Waals surface area contributed by atoms with Crippen molar-refractivity contribution in [3.05, 3.63) is 47.8 Å². The zero-order valence-corrected chi connectivity index (χ0v) is 15.3. The predicted molar refractivity (Wildman–Crippen MR) is 102 cm³/mol. The third-order valence-electron chi connectivity index (χ3n) is 4.28. The minimum atomic E-state index is -0.301. The predicted octanol–water partition coefficient (Wildman–Crippen LogP) is 1.68. The molecule has 0 aliphatic carbocycles. The minimum absolute atomic E-state index is 0.0158. The van der Waals surface area contributed by atoms with E-state index < -0.39 is 0 Å². The highest BCUT2D eigenvalue weighted by atomic mass is 16.5. The second-order valence-corrected chi connectivity index (χ2v) is 6.26. The Bertz CT molecular complexity index is 771. The van der Waals surface area contributed by atoms with Crippen molar-refractivity contribution in [2.24, 2.45) is 0 Å². The molecule has 1 saturated heterocycles. The number of benzene rings is 1. The number of hydrogen-bond donors (Lipinski definition) is 2. The number of Topliss-reactive ketones (excluding diaryl/α,β-unsaturated/α-hetero) is 1. The van der Waals surface area contributed by atoms with Crippen molar-refractivity contribution in [2.75, 3.05) is 50.0 Å². The van der Waals surface area contributed by atoms with Crippen LogP contribution in [-0.2, 0) is 4.74 Å². The molecule has 1 aromatic heterocycles. The Hall–Kier alpha value is -2.84. The summed E-state index contributed by atoms with van der Waals surface area (Å²) in [5.41, 5.74) is 1.57. The Morgan fingerprint density at radius 2 is 1.74 bits per heavy atom. The van der Waals surface area contributed by atoms with Gasteiger partial charge in [-0.15, -0.1) is 0 Å². The van der Waals surface area contributed by atoms with Crippen molar-refractivity contribution in [2.45, 2.75) is 6.92 Å². The summed E-state index contributed by atoms with van der Waals surface area (Å²) in [6.07, 6.45) is 2.98. The molecule has 1 aliphatic heterocycles. The number of carbonyl (C=O) groups excluding carboxylic acids is 2. The third-order valence-corrected chi connectivity index (χ3v) is 4.28. The van der Waals surface area contributed by atoms with E-state index in [9.17, 15) is 9.59 Å². The molecule has 1 fully saturated rings. The van der Waals surface area contributed by atoms with Gasteiger partial charge in [0.25, 0.3) is 5.91 Å². The van der Waals surface area contributed by atoms with Gasteiger partial charge in [0, 0.05) is 49.8 Å². The van der Waals surface area contributed by atoms with Crippen LogP contribution in [0, 0.1) is 0 Å². The summed E-state index contributed by atoms with van der Waals surface area (Å²) in [6, 6.07) is 6.74. The van der Waals surface area contributed by atoms with E-state index in [1.807, 2.05) is 0 Å². The maximum Gasteiger partial charge on any atom is 0.258 e. The average Bonchev–Trinajstić information content (AvgIpc) is 2.70. The van der Waals surface area contributed by atoms with Gasteiger partial charge >= 0.3 is 0 Å². The molecule has 2 heterocycles. The maximum atomic E-state index is 12.3. The summed E-state index contributed by atoms with van der Waals surface area (Å²) < 4.78 is 5.32. The van der Waals surface area contributed by atoms with E-state index in [0.29, 0.717) is 22.8 Å². The van der Waals surface area contributed by atoms with Crippen molar-refractivity contribution in [3.63, 3.8) is 0 Å². The lowest BCUT2D eigenvalue weighted by Gasteiger charge is -2.26. The zero-order valence-electron chi connectivity index (χ0n) is 15.3. The molecule has 0 atom stereocenters. The van der Waals surface area contributed by atoms with Crippen molar-refractivity contribution >= 4 is 23.3 Å². The van der Waals surface area contributed by atoms with E-state index in [0.717, 1.165) is 39.4 Å². The van der Waals surface area contributed by atoms with Crippen LogP contribution in [-0.4, -0.2) is 66.0 Å². The first-order chi connectivity index (χ1) is 13.1. The van der Waals surface area contributed by atoms with E-state index in [4.69, 9.17) is 4.74 Å². The molecule has 0 saturated carbocycles. The fraction of sp³-hybridized carbons (Fsp3) is 0.368. The second kappa shape index (κ2) is 9.20. The van der Waals surface area contributed by atoms with Crippen molar-refractivity contribution in [1.82, 2.24) is 14.9 Å². The SMILES string of the molecule is CC(=O)c1ccc(NC(=O)c2cnc(NCCN3CCOCC3)nc2)cc1. The molecule has 0 unspecified atom stereocenters. The summed E-state index contributed by atoms with van der Waals surface area (Å²) >= 11 is 0. The molecule has 0 spiro atoms. The van der Waals surface area contributed by atoms with Crippen LogP contribution in [0.25, 0.3) is 0 Å². The van der Waals surface area contributed by atoms with Gasteiger partial charge in [-0.05, 0) is 31.2 Å². The van der Waals surface area contributed by atoms with E-state index >= 15 is 0 Å². The summed E-state index contributed by atoms with van der Waals surface area (Å²) in [6.45, 7) is 6.56. The highest BCUT2D eigenvalue weighted by molar-refractivity contribution is 6.04. The third kappa shape index (κ3) is 5.57. The van der Waals surface area contributed by atoms with Gasteiger partial charge in [0.1, 0.15) is 0 Å². The highest BCUT2D eigenvalue weighted by Crippen LogP contribution is 2.12. The number of nitrogens with zero attached hydrogens (tertiary/aromatic N) is 3. The number of aromatic nitrogens is 2. The summed E-state index contributed by atoms with van der Waals surface area (Å²) in [5.74, 6) is 0.175. The van der Waals surface area contributed by atoms with Crippen molar-refractivity contribution in [1.29, 1.82) is 0 Å². The molecule has 142 valence electrons. The summed E-state index contributed by atoms with van der Waals surface area (Å²) in [4.78, 5) is 34.2. The molecule has 3 rings (SSSR count). The van der Waals surface area contributed by atoms with Gasteiger partial charge in [-0.1, -0.05) is 0 Å². The number of nitrogens with one attached hydrogen (secondary N) is 2. The Balaban J connectivity index is 1.48. The van der Waals surface area contributed by atoms with E-state index in [2.05, 4.69) is 25.5 Å². The van der Waals surface area contributed by atoms with Crippen molar-refractivity contribution < 1.29 is 14.3 Å². The Morgan fingerprint density at radius 1 is 1.07 bits per heavy atom. The number of morpholine rings is 1. The molecule has 1 amide bonds. The zero-order chi connectivity index (χ0) is 19.1. The fourth-order valence-electron chi connectivity index (χ4n) is 2.68. The number of ketones is 1. The molecule has 1 aliphatic rings. The standard InChI is InChI=1S/C19H23N5O3/c1-14(25)15-2-4-17(5-3-15)23-18(26)16-12-21-19(22-13-16)20-6-7-24-8-10-27-11-9-24/h2-5,12-13H,6-11H2,1H3,(H,23,26)(H,20,21,22). The smallest absolute Gasteiger partial charge is 0.258 e. The van der Waals surface area contributed by atoms with Crippen LogP contribution in [0.1, 0.15) is 27.6 Å². The van der Waals surface area contributed by atoms with Crippen LogP contribution in [0.2, 0.25) is 0 Å². The fourth-order valence-corrected chi connectivity index (χ4v) is 2.68. The number of rotatable bonds is 7. The lowest BCUT2D eigenvalue weighted by Crippen LogP contribution is -2.39. The van der Waals surface area contributed by atoms with Gasteiger partial charge in [-0.25, -0.2) is 9.97 Å². The summed E-state index contributed by atoms with van der Waals surface area (Å²) in [5, 5.41) is 5.92. The normalized spacial score (nSPS) is 14.6. The lowest BCUT2D eigenvalue weighted by atomic mass is 10.1. The van der Waals surface area contributed by atoms with Gasteiger partial charge in [0.2, 0.25) is 5.95 Å². The quantitative estimate of drug-likeness (QED) is 0.717. The summed E-state index contributed by atoms with van der Waals surface area (Å²) in [7, 11) is 0. The van der Waals surface area contributed by atoms with E-state index in [1.165, 1.54) is 19.3 Å². The number of ether oxygens (including phenoxy) is 1. The van der Waals surface area contributed by atoms with Gasteiger partial charge in [-0.3, -0.25) is 14.5 Å². The van der Waals surface area contributed by atoms with Gasteiger partial charge < -0.3 is 15.4 Å². The first-order valence-corrected chi connectivity index (χ1v) is 8.90.